The van der Waals surface area contributed by atoms with E-state index in [2.05, 4.69) is 44.9 Å². The van der Waals surface area contributed by atoms with Crippen molar-refractivity contribution in [3.63, 3.8) is 0 Å². The number of piperidine rings is 1. The number of hydrogen-bond donors (Lipinski definition) is 2. The maximum absolute atomic E-state index is 10.3. The van der Waals surface area contributed by atoms with E-state index >= 15 is 0 Å². The smallest absolute Gasteiger partial charge is 0.227 e. The van der Waals surface area contributed by atoms with Crippen LogP contribution in [-0.4, -0.2) is 67.7 Å². The molecule has 34 heavy (non-hydrogen) atoms. The van der Waals surface area contributed by atoms with Gasteiger partial charge in [-0.05, 0) is 69.7 Å². The van der Waals surface area contributed by atoms with Crippen molar-refractivity contribution in [2.45, 2.75) is 69.7 Å². The van der Waals surface area contributed by atoms with E-state index in [9.17, 15) is 5.11 Å². The Morgan fingerprint density at radius 1 is 1.18 bits per heavy atom. The molecule has 180 valence electrons. The zero-order valence-electron chi connectivity index (χ0n) is 19.6. The molecule has 1 saturated carbocycles. The quantitative estimate of drug-likeness (QED) is 0.563. The standard InChI is InChI=1S/C25H31ClN6O2/c1-14-7-16(5-6-31(14)23-12-34-13-24(23)33)19-9-21-17(8-20(19)26)10-27-25(29-21)30-22-11-28-32(15(22)2)18-3-4-18/h8-11,14,16,18,23-24,33H,3-7,12-13H2,1-2H3,(H,27,29,30)/t14-,16?,23?,24?/m0/s1. The summed E-state index contributed by atoms with van der Waals surface area (Å²) in [6, 6.07) is 5.09. The molecule has 0 bridgehead atoms. The summed E-state index contributed by atoms with van der Waals surface area (Å²) in [5.41, 5.74) is 4.09. The Balaban J connectivity index is 1.22. The lowest BCUT2D eigenvalue weighted by atomic mass is 9.84. The SMILES string of the molecule is Cc1c(Nc2ncc3cc(Cl)c(C4CCN(C5COCC5O)[C@@H](C)C4)cc3n2)cnn1C1CC1. The average Bonchev–Trinajstić information content (AvgIpc) is 3.48. The van der Waals surface area contributed by atoms with Gasteiger partial charge in [-0.15, -0.1) is 0 Å². The number of ether oxygens (including phenoxy) is 1. The van der Waals surface area contributed by atoms with Crippen LogP contribution in [0.1, 0.15) is 55.8 Å². The van der Waals surface area contributed by atoms with E-state index in [-0.39, 0.29) is 6.04 Å². The van der Waals surface area contributed by atoms with Crippen molar-refractivity contribution in [3.8, 4) is 0 Å². The van der Waals surface area contributed by atoms with Crippen LogP contribution in [0.15, 0.2) is 24.5 Å². The Morgan fingerprint density at radius 3 is 2.76 bits per heavy atom. The van der Waals surface area contributed by atoms with Crippen LogP contribution in [0.3, 0.4) is 0 Å². The summed E-state index contributed by atoms with van der Waals surface area (Å²) in [4.78, 5) is 11.7. The second-order valence-corrected chi connectivity index (χ2v) is 10.5. The zero-order chi connectivity index (χ0) is 23.4. The molecule has 2 aromatic heterocycles. The van der Waals surface area contributed by atoms with Crippen LogP contribution in [0, 0.1) is 6.92 Å². The van der Waals surface area contributed by atoms with Crippen molar-refractivity contribution in [2.24, 2.45) is 0 Å². The van der Waals surface area contributed by atoms with Crippen LogP contribution in [-0.2, 0) is 4.74 Å². The number of likely N-dealkylation sites (tertiary alicyclic amines) is 1. The second kappa shape index (κ2) is 8.75. The number of nitrogens with one attached hydrogen (secondary N) is 1. The first kappa shape index (κ1) is 22.2. The number of aliphatic hydroxyl groups excluding tert-OH is 1. The first-order valence-electron chi connectivity index (χ1n) is 12.3. The van der Waals surface area contributed by atoms with Crippen molar-refractivity contribution in [2.75, 3.05) is 25.1 Å². The molecule has 1 aliphatic carbocycles. The van der Waals surface area contributed by atoms with Gasteiger partial charge in [0.1, 0.15) is 0 Å². The molecule has 2 saturated heterocycles. The van der Waals surface area contributed by atoms with Crippen LogP contribution in [0.4, 0.5) is 11.6 Å². The van der Waals surface area contributed by atoms with Gasteiger partial charge in [0.05, 0.1) is 54.5 Å². The average molecular weight is 483 g/mol. The predicted octanol–water partition coefficient (Wildman–Crippen LogP) is 4.19. The Kier molecular flexibility index (Phi) is 5.72. The van der Waals surface area contributed by atoms with Crippen LogP contribution in [0.5, 0.6) is 0 Å². The summed E-state index contributed by atoms with van der Waals surface area (Å²) in [5, 5.41) is 19.8. The third-order valence-electron chi connectivity index (χ3n) is 7.70. The molecule has 2 N–H and O–H groups in total. The van der Waals surface area contributed by atoms with E-state index in [0.717, 1.165) is 52.3 Å². The van der Waals surface area contributed by atoms with Crippen molar-refractivity contribution >= 4 is 34.1 Å². The van der Waals surface area contributed by atoms with E-state index in [4.69, 9.17) is 21.3 Å². The van der Waals surface area contributed by atoms with Crippen molar-refractivity contribution in [3.05, 3.63) is 40.8 Å². The molecule has 3 fully saturated rings. The number of halogens is 1. The second-order valence-electron chi connectivity index (χ2n) is 10.1. The van der Waals surface area contributed by atoms with E-state index < -0.39 is 6.10 Å². The summed E-state index contributed by atoms with van der Waals surface area (Å²) in [7, 11) is 0. The van der Waals surface area contributed by atoms with Crippen molar-refractivity contribution < 1.29 is 9.84 Å². The minimum atomic E-state index is -0.397. The largest absolute Gasteiger partial charge is 0.389 e. The van der Waals surface area contributed by atoms with Crippen LogP contribution < -0.4 is 5.32 Å². The molecule has 3 unspecified atom stereocenters. The maximum Gasteiger partial charge on any atom is 0.227 e. The van der Waals surface area contributed by atoms with Gasteiger partial charge in [0.2, 0.25) is 5.95 Å². The number of anilines is 2. The van der Waals surface area contributed by atoms with Gasteiger partial charge < -0.3 is 15.2 Å². The lowest BCUT2D eigenvalue weighted by Crippen LogP contribution is -2.51. The molecule has 8 nitrogen and oxygen atoms in total. The Hall–Kier alpha value is -2.26. The van der Waals surface area contributed by atoms with E-state index in [0.29, 0.717) is 37.2 Å². The molecule has 0 amide bonds. The third kappa shape index (κ3) is 4.06. The Labute approximate surface area is 204 Å². The number of aliphatic hydroxyl groups is 1. The maximum atomic E-state index is 10.3. The van der Waals surface area contributed by atoms with Crippen molar-refractivity contribution in [1.29, 1.82) is 0 Å². The van der Waals surface area contributed by atoms with E-state index in [1.165, 1.54) is 12.8 Å². The zero-order valence-corrected chi connectivity index (χ0v) is 20.4. The number of hydrogen-bond acceptors (Lipinski definition) is 7. The molecule has 0 radical (unpaired) electrons. The monoisotopic (exact) mass is 482 g/mol. The third-order valence-corrected chi connectivity index (χ3v) is 8.02. The molecular formula is C25H31ClN6O2. The van der Waals surface area contributed by atoms with Gasteiger partial charge >= 0.3 is 0 Å². The highest BCUT2D eigenvalue weighted by atomic mass is 35.5. The molecule has 0 spiro atoms. The number of fused-ring (bicyclic) bond motifs is 1. The van der Waals surface area contributed by atoms with Gasteiger partial charge in [-0.2, -0.15) is 5.10 Å². The predicted molar refractivity (Wildman–Crippen MR) is 132 cm³/mol. The lowest BCUT2D eigenvalue weighted by Gasteiger charge is -2.42. The number of benzene rings is 1. The molecule has 2 aliphatic heterocycles. The number of nitrogens with zero attached hydrogens (tertiary/aromatic N) is 5. The topological polar surface area (TPSA) is 88.3 Å². The van der Waals surface area contributed by atoms with Crippen LogP contribution >= 0.6 is 11.6 Å². The molecule has 3 aromatic rings. The summed E-state index contributed by atoms with van der Waals surface area (Å²) in [5.74, 6) is 0.922. The summed E-state index contributed by atoms with van der Waals surface area (Å²) in [6.45, 7) is 6.28. The fourth-order valence-electron chi connectivity index (χ4n) is 5.61. The Bertz CT molecular complexity index is 1210. The molecule has 1 aromatic carbocycles. The normalized spacial score (nSPS) is 28.0. The van der Waals surface area contributed by atoms with Gasteiger partial charge in [0, 0.05) is 22.6 Å². The molecule has 6 rings (SSSR count). The molecule has 4 atom stereocenters. The van der Waals surface area contributed by atoms with E-state index in [1.54, 1.807) is 0 Å². The van der Waals surface area contributed by atoms with Gasteiger partial charge in [0.15, 0.2) is 0 Å². The summed E-state index contributed by atoms with van der Waals surface area (Å²) >= 11 is 6.74. The number of rotatable bonds is 5. The molecule has 9 heteroatoms. The summed E-state index contributed by atoms with van der Waals surface area (Å²) in [6.07, 6.45) is 7.67. The van der Waals surface area contributed by atoms with Crippen LogP contribution in [0.2, 0.25) is 5.02 Å². The lowest BCUT2D eigenvalue weighted by molar-refractivity contribution is 0.0352. The van der Waals surface area contributed by atoms with E-state index in [1.807, 2.05) is 18.5 Å². The van der Waals surface area contributed by atoms with Crippen LogP contribution in [0.25, 0.3) is 10.9 Å². The highest BCUT2D eigenvalue weighted by Gasteiger charge is 2.38. The molecule has 4 heterocycles. The fraction of sp³-hybridized carbons (Fsp3) is 0.560. The van der Waals surface area contributed by atoms with Gasteiger partial charge in [-0.1, -0.05) is 11.6 Å². The summed E-state index contributed by atoms with van der Waals surface area (Å²) < 4.78 is 7.58. The fourth-order valence-corrected chi connectivity index (χ4v) is 5.93. The minimum absolute atomic E-state index is 0.0946. The van der Waals surface area contributed by atoms with Gasteiger partial charge in [0.25, 0.3) is 0 Å². The minimum Gasteiger partial charge on any atom is -0.389 e. The van der Waals surface area contributed by atoms with Crippen molar-refractivity contribution in [1.82, 2.24) is 24.6 Å². The Morgan fingerprint density at radius 2 is 2.03 bits per heavy atom. The molecule has 3 aliphatic rings. The van der Waals surface area contributed by atoms with Gasteiger partial charge in [-0.3, -0.25) is 9.58 Å². The number of aromatic nitrogens is 4. The first-order valence-corrected chi connectivity index (χ1v) is 12.6. The van der Waals surface area contributed by atoms with Gasteiger partial charge in [-0.25, -0.2) is 9.97 Å². The highest BCUT2D eigenvalue weighted by molar-refractivity contribution is 6.32. The first-order chi connectivity index (χ1) is 16.5. The highest BCUT2D eigenvalue weighted by Crippen LogP contribution is 2.39. The molecular weight excluding hydrogens is 452 g/mol.